The Morgan fingerprint density at radius 2 is 1.49 bits per heavy atom. The predicted molar refractivity (Wildman–Crippen MR) is 140 cm³/mol. The molecule has 2 amide bonds. The zero-order chi connectivity index (χ0) is 26.8. The highest BCUT2D eigenvalue weighted by molar-refractivity contribution is 5.79. The van der Waals surface area contributed by atoms with Crippen molar-refractivity contribution < 1.29 is 23.1 Å². The van der Waals surface area contributed by atoms with Gasteiger partial charge in [0.05, 0.1) is 6.42 Å². The number of ether oxygens (including phenoxy) is 1. The minimum Gasteiger partial charge on any atom is -0.441 e. The van der Waals surface area contributed by atoms with E-state index in [-0.39, 0.29) is 36.1 Å². The van der Waals surface area contributed by atoms with Crippen LogP contribution in [-0.4, -0.2) is 72.0 Å². The van der Waals surface area contributed by atoms with Crippen LogP contribution in [-0.2, 0) is 16.0 Å². The molecule has 202 valence electrons. The van der Waals surface area contributed by atoms with E-state index in [4.69, 9.17) is 4.74 Å². The third-order valence-electron chi connectivity index (χ3n) is 7.14. The Morgan fingerprint density at radius 1 is 0.919 bits per heavy atom. The van der Waals surface area contributed by atoms with Crippen molar-refractivity contribution in [3.8, 4) is 0 Å². The lowest BCUT2D eigenvalue weighted by Crippen LogP contribution is -2.48. The maximum absolute atomic E-state index is 13.5. The second-order valence-electron chi connectivity index (χ2n) is 9.44. The fourth-order valence-corrected chi connectivity index (χ4v) is 4.92. The maximum atomic E-state index is 13.5. The average molecular weight is 516 g/mol. The van der Waals surface area contributed by atoms with Crippen LogP contribution in [0.2, 0.25) is 0 Å². The second kappa shape index (κ2) is 14.1. The van der Waals surface area contributed by atoms with E-state index >= 15 is 0 Å². The van der Waals surface area contributed by atoms with Crippen molar-refractivity contribution in [2.24, 2.45) is 0 Å². The molecule has 0 bridgehead atoms. The molecular formula is C29H39F2N3O3. The Hall–Kier alpha value is -3.00. The van der Waals surface area contributed by atoms with Crippen molar-refractivity contribution in [2.45, 2.75) is 58.6 Å². The van der Waals surface area contributed by atoms with Gasteiger partial charge in [-0.05, 0) is 69.0 Å². The van der Waals surface area contributed by atoms with Gasteiger partial charge < -0.3 is 19.4 Å². The summed E-state index contributed by atoms with van der Waals surface area (Å²) in [5, 5.41) is 0. The summed E-state index contributed by atoms with van der Waals surface area (Å²) in [6, 6.07) is 12.4. The van der Waals surface area contributed by atoms with Gasteiger partial charge in [-0.15, -0.1) is 0 Å². The number of amides is 2. The maximum Gasteiger partial charge on any atom is 0.410 e. The molecule has 1 atom stereocenters. The van der Waals surface area contributed by atoms with E-state index in [9.17, 15) is 18.4 Å². The van der Waals surface area contributed by atoms with Gasteiger partial charge in [-0.1, -0.05) is 24.3 Å². The molecule has 0 N–H and O–H groups in total. The first kappa shape index (κ1) is 28.6. The summed E-state index contributed by atoms with van der Waals surface area (Å²) in [4.78, 5) is 31.5. The predicted octanol–water partition coefficient (Wildman–Crippen LogP) is 5.43. The molecule has 0 spiro atoms. The van der Waals surface area contributed by atoms with Crippen LogP contribution < -0.4 is 0 Å². The molecule has 37 heavy (non-hydrogen) atoms. The molecule has 1 aliphatic rings. The van der Waals surface area contributed by atoms with E-state index in [1.807, 2.05) is 25.7 Å². The fraction of sp³-hybridized carbons (Fsp3) is 0.517. The summed E-state index contributed by atoms with van der Waals surface area (Å²) in [7, 11) is 0. The highest BCUT2D eigenvalue weighted by Gasteiger charge is 2.28. The van der Waals surface area contributed by atoms with Crippen LogP contribution >= 0.6 is 0 Å². The van der Waals surface area contributed by atoms with Crippen LogP contribution in [0.25, 0.3) is 0 Å². The summed E-state index contributed by atoms with van der Waals surface area (Å²) >= 11 is 0. The third-order valence-corrected chi connectivity index (χ3v) is 7.14. The number of likely N-dealkylation sites (N-methyl/N-ethyl adjacent to an activating group) is 1. The van der Waals surface area contributed by atoms with Crippen LogP contribution in [0, 0.1) is 11.6 Å². The van der Waals surface area contributed by atoms with Crippen molar-refractivity contribution in [1.29, 1.82) is 0 Å². The summed E-state index contributed by atoms with van der Waals surface area (Å²) < 4.78 is 32.5. The highest BCUT2D eigenvalue weighted by atomic mass is 19.1. The molecular weight excluding hydrogens is 476 g/mol. The van der Waals surface area contributed by atoms with Gasteiger partial charge in [-0.25, -0.2) is 13.6 Å². The zero-order valence-electron chi connectivity index (χ0n) is 22.2. The van der Waals surface area contributed by atoms with Crippen LogP contribution in [0.1, 0.15) is 57.3 Å². The lowest BCUT2D eigenvalue weighted by molar-refractivity contribution is -0.133. The molecule has 3 rings (SSSR count). The number of rotatable bonds is 11. The first-order valence-electron chi connectivity index (χ1n) is 13.3. The average Bonchev–Trinajstić information content (AvgIpc) is 2.90. The molecule has 1 aliphatic heterocycles. The topological polar surface area (TPSA) is 53.1 Å². The normalized spacial score (nSPS) is 15.3. The van der Waals surface area contributed by atoms with Crippen LogP contribution in [0.4, 0.5) is 13.6 Å². The lowest BCUT2D eigenvalue weighted by atomic mass is 10.0. The summed E-state index contributed by atoms with van der Waals surface area (Å²) in [6.07, 6.45) is 1.77. The molecule has 1 saturated heterocycles. The van der Waals surface area contributed by atoms with Gasteiger partial charge in [0.2, 0.25) is 5.91 Å². The molecule has 0 aliphatic carbocycles. The van der Waals surface area contributed by atoms with Gasteiger partial charge in [0, 0.05) is 51.7 Å². The molecule has 6 nitrogen and oxygen atoms in total. The standard InChI is InChI=1S/C29H39F2N3O3/c1-4-33(5-2)29(36)37-27(23-9-13-25(31)14-10-23)17-20-32-18-15-26(16-19-32)34(6-3)28(35)21-22-7-11-24(30)12-8-22/h7-14,26-27H,4-6,15-21H2,1-3H3. The monoisotopic (exact) mass is 515 g/mol. The second-order valence-corrected chi connectivity index (χ2v) is 9.44. The van der Waals surface area contributed by atoms with Crippen LogP contribution in [0.3, 0.4) is 0 Å². The number of piperidine rings is 1. The van der Waals surface area contributed by atoms with Gasteiger partial charge in [0.1, 0.15) is 17.7 Å². The Morgan fingerprint density at radius 3 is 2.03 bits per heavy atom. The molecule has 0 saturated carbocycles. The number of likely N-dealkylation sites (tertiary alicyclic amines) is 1. The summed E-state index contributed by atoms with van der Waals surface area (Å²) in [5.74, 6) is -0.568. The van der Waals surface area contributed by atoms with Gasteiger partial charge in [0.15, 0.2) is 0 Å². The van der Waals surface area contributed by atoms with E-state index in [1.165, 1.54) is 24.3 Å². The SMILES string of the molecule is CCN(CC)C(=O)OC(CCN1CCC(N(CC)C(=O)Cc2ccc(F)cc2)CC1)c1ccc(F)cc1. The quantitative estimate of drug-likeness (QED) is 0.401. The number of benzene rings is 2. The molecule has 8 heteroatoms. The molecule has 1 heterocycles. The van der Waals surface area contributed by atoms with E-state index in [2.05, 4.69) is 4.90 Å². The van der Waals surface area contributed by atoms with E-state index in [0.29, 0.717) is 26.1 Å². The molecule has 0 aromatic heterocycles. The minimum atomic E-state index is -0.462. The van der Waals surface area contributed by atoms with Crippen molar-refractivity contribution in [3.63, 3.8) is 0 Å². The van der Waals surface area contributed by atoms with Crippen molar-refractivity contribution in [3.05, 3.63) is 71.3 Å². The molecule has 1 unspecified atom stereocenters. The number of carbonyl (C=O) groups excluding carboxylic acids is 2. The number of nitrogens with zero attached hydrogens (tertiary/aromatic N) is 3. The van der Waals surface area contributed by atoms with Gasteiger partial charge in [-0.2, -0.15) is 0 Å². The van der Waals surface area contributed by atoms with Crippen LogP contribution in [0.15, 0.2) is 48.5 Å². The minimum absolute atomic E-state index is 0.0623. The van der Waals surface area contributed by atoms with E-state index < -0.39 is 6.10 Å². The zero-order valence-corrected chi connectivity index (χ0v) is 22.2. The van der Waals surface area contributed by atoms with Gasteiger partial charge in [-0.3, -0.25) is 4.79 Å². The smallest absolute Gasteiger partial charge is 0.410 e. The van der Waals surface area contributed by atoms with Crippen LogP contribution in [0.5, 0.6) is 0 Å². The summed E-state index contributed by atoms with van der Waals surface area (Å²) in [6.45, 7) is 9.98. The molecule has 0 radical (unpaired) electrons. The van der Waals surface area contributed by atoms with Gasteiger partial charge >= 0.3 is 6.09 Å². The Labute approximate surface area is 219 Å². The number of hydrogen-bond donors (Lipinski definition) is 0. The van der Waals surface area contributed by atoms with Crippen molar-refractivity contribution in [1.82, 2.24) is 14.7 Å². The Bertz CT molecular complexity index is 988. The first-order chi connectivity index (χ1) is 17.8. The van der Waals surface area contributed by atoms with Crippen molar-refractivity contribution >= 4 is 12.0 Å². The molecule has 2 aromatic rings. The summed E-state index contributed by atoms with van der Waals surface area (Å²) in [5.41, 5.74) is 1.59. The van der Waals surface area contributed by atoms with Crippen molar-refractivity contribution in [2.75, 3.05) is 39.3 Å². The fourth-order valence-electron chi connectivity index (χ4n) is 4.92. The third kappa shape index (κ3) is 8.25. The first-order valence-corrected chi connectivity index (χ1v) is 13.3. The van der Waals surface area contributed by atoms with E-state index in [0.717, 1.165) is 43.6 Å². The number of carbonyl (C=O) groups is 2. The van der Waals surface area contributed by atoms with Gasteiger partial charge in [0.25, 0.3) is 0 Å². The largest absolute Gasteiger partial charge is 0.441 e. The van der Waals surface area contributed by atoms with E-state index in [1.54, 1.807) is 29.2 Å². The molecule has 2 aromatic carbocycles. The molecule has 1 fully saturated rings. The highest BCUT2D eigenvalue weighted by Crippen LogP contribution is 2.25. The Balaban J connectivity index is 1.55. The number of halogens is 2. The lowest BCUT2D eigenvalue weighted by Gasteiger charge is -2.38. The Kier molecular flexibility index (Phi) is 10.9. The number of hydrogen-bond acceptors (Lipinski definition) is 4.